The van der Waals surface area contributed by atoms with Gasteiger partial charge in [0.2, 0.25) is 0 Å². The number of benzene rings is 1. The SMILES string of the molecule is CCOc1ccc(C(=O)Nc2cnn(CCCC(=O)[O-])c2)cc1. The zero-order valence-electron chi connectivity index (χ0n) is 12.8. The van der Waals surface area contributed by atoms with E-state index in [0.29, 0.717) is 36.6 Å². The Kier molecular flexibility index (Phi) is 5.74. The first-order valence-corrected chi connectivity index (χ1v) is 7.35. The molecule has 2 aromatic rings. The molecular formula is C16H18N3O4-. The van der Waals surface area contributed by atoms with Crippen molar-refractivity contribution in [3.05, 3.63) is 42.2 Å². The molecule has 0 aliphatic carbocycles. The Hall–Kier alpha value is -2.83. The second-order valence-electron chi connectivity index (χ2n) is 4.88. The van der Waals surface area contributed by atoms with Crippen molar-refractivity contribution in [2.75, 3.05) is 11.9 Å². The molecule has 1 aromatic heterocycles. The molecule has 0 bridgehead atoms. The molecule has 0 saturated carbocycles. The van der Waals surface area contributed by atoms with Crippen LogP contribution in [-0.2, 0) is 11.3 Å². The summed E-state index contributed by atoms with van der Waals surface area (Å²) in [6.45, 7) is 2.92. The summed E-state index contributed by atoms with van der Waals surface area (Å²) in [6, 6.07) is 6.85. The minimum atomic E-state index is -1.08. The molecule has 1 N–H and O–H groups in total. The molecule has 1 heterocycles. The first-order chi connectivity index (χ1) is 11.1. The number of aryl methyl sites for hydroxylation is 1. The topological polar surface area (TPSA) is 96.3 Å². The van der Waals surface area contributed by atoms with Crippen molar-refractivity contribution in [3.63, 3.8) is 0 Å². The van der Waals surface area contributed by atoms with Crippen molar-refractivity contribution >= 4 is 17.6 Å². The minimum absolute atomic E-state index is 0.0201. The largest absolute Gasteiger partial charge is 0.550 e. The number of rotatable bonds is 8. The molecule has 0 radical (unpaired) electrons. The van der Waals surface area contributed by atoms with Crippen molar-refractivity contribution in [3.8, 4) is 5.75 Å². The van der Waals surface area contributed by atoms with E-state index in [2.05, 4.69) is 10.4 Å². The van der Waals surface area contributed by atoms with Crippen LogP contribution in [0, 0.1) is 0 Å². The molecule has 7 heteroatoms. The maximum Gasteiger partial charge on any atom is 0.255 e. The average molecular weight is 316 g/mol. The van der Waals surface area contributed by atoms with Crippen LogP contribution in [0.1, 0.15) is 30.1 Å². The van der Waals surface area contributed by atoms with Crippen molar-refractivity contribution < 1.29 is 19.4 Å². The van der Waals surface area contributed by atoms with Crippen molar-refractivity contribution in [2.45, 2.75) is 26.3 Å². The molecule has 7 nitrogen and oxygen atoms in total. The van der Waals surface area contributed by atoms with E-state index in [9.17, 15) is 14.7 Å². The molecule has 0 fully saturated rings. The maximum atomic E-state index is 12.1. The van der Waals surface area contributed by atoms with Gasteiger partial charge in [-0.25, -0.2) is 0 Å². The van der Waals surface area contributed by atoms with Gasteiger partial charge in [0.05, 0.1) is 18.5 Å². The summed E-state index contributed by atoms with van der Waals surface area (Å²) in [5.41, 5.74) is 1.07. The van der Waals surface area contributed by atoms with Crippen LogP contribution in [0.5, 0.6) is 5.75 Å². The number of nitrogens with zero attached hydrogens (tertiary/aromatic N) is 2. The van der Waals surface area contributed by atoms with E-state index in [4.69, 9.17) is 4.74 Å². The fraction of sp³-hybridized carbons (Fsp3) is 0.312. The number of carboxylic acids is 1. The monoisotopic (exact) mass is 316 g/mol. The summed E-state index contributed by atoms with van der Waals surface area (Å²) in [7, 11) is 0. The highest BCUT2D eigenvalue weighted by atomic mass is 16.5. The molecule has 0 atom stereocenters. The van der Waals surface area contributed by atoms with Gasteiger partial charge in [-0.3, -0.25) is 9.48 Å². The molecule has 0 aliphatic heterocycles. The number of amides is 1. The van der Waals surface area contributed by atoms with Crippen LogP contribution in [0.4, 0.5) is 5.69 Å². The molecule has 122 valence electrons. The maximum absolute atomic E-state index is 12.1. The molecule has 2 rings (SSSR count). The van der Waals surface area contributed by atoms with Gasteiger partial charge in [0.15, 0.2) is 0 Å². The predicted molar refractivity (Wildman–Crippen MR) is 82.0 cm³/mol. The Morgan fingerprint density at radius 3 is 2.70 bits per heavy atom. The van der Waals surface area contributed by atoms with Gasteiger partial charge in [-0.1, -0.05) is 0 Å². The minimum Gasteiger partial charge on any atom is -0.550 e. The third kappa shape index (κ3) is 5.14. The van der Waals surface area contributed by atoms with Crippen LogP contribution in [0.25, 0.3) is 0 Å². The Balaban J connectivity index is 1.89. The van der Waals surface area contributed by atoms with E-state index in [0.717, 1.165) is 0 Å². The lowest BCUT2D eigenvalue weighted by molar-refractivity contribution is -0.305. The third-order valence-corrected chi connectivity index (χ3v) is 3.09. The first-order valence-electron chi connectivity index (χ1n) is 7.35. The summed E-state index contributed by atoms with van der Waals surface area (Å²) in [5, 5.41) is 17.2. The highest BCUT2D eigenvalue weighted by Gasteiger charge is 2.08. The number of carbonyl (C=O) groups excluding carboxylic acids is 2. The Bertz CT molecular complexity index is 664. The molecule has 1 aromatic carbocycles. The molecule has 0 aliphatic rings. The van der Waals surface area contributed by atoms with Gasteiger partial charge in [0.1, 0.15) is 5.75 Å². The highest BCUT2D eigenvalue weighted by Crippen LogP contribution is 2.14. The van der Waals surface area contributed by atoms with Gasteiger partial charge in [-0.15, -0.1) is 0 Å². The zero-order chi connectivity index (χ0) is 16.7. The van der Waals surface area contributed by atoms with Crippen LogP contribution < -0.4 is 15.2 Å². The second kappa shape index (κ2) is 7.98. The van der Waals surface area contributed by atoms with Crippen LogP contribution in [0.3, 0.4) is 0 Å². The van der Waals surface area contributed by atoms with E-state index in [1.54, 1.807) is 35.1 Å². The van der Waals surface area contributed by atoms with Crippen LogP contribution in [0.15, 0.2) is 36.7 Å². The number of anilines is 1. The summed E-state index contributed by atoms with van der Waals surface area (Å²) < 4.78 is 6.91. The van der Waals surface area contributed by atoms with E-state index in [1.165, 1.54) is 6.20 Å². The highest BCUT2D eigenvalue weighted by molar-refractivity contribution is 6.04. The van der Waals surface area contributed by atoms with Crippen molar-refractivity contribution in [1.82, 2.24) is 9.78 Å². The van der Waals surface area contributed by atoms with Gasteiger partial charge in [0.25, 0.3) is 5.91 Å². The van der Waals surface area contributed by atoms with Gasteiger partial charge >= 0.3 is 0 Å². The number of carboxylic acid groups (broad SMARTS) is 1. The second-order valence-corrected chi connectivity index (χ2v) is 4.88. The first kappa shape index (κ1) is 16.5. The number of hydrogen-bond donors (Lipinski definition) is 1. The summed E-state index contributed by atoms with van der Waals surface area (Å²) in [5.74, 6) is -0.617. The van der Waals surface area contributed by atoms with Crippen LogP contribution in [-0.4, -0.2) is 28.3 Å². The predicted octanol–water partition coefficient (Wildman–Crippen LogP) is 1.06. The molecule has 0 saturated heterocycles. The lowest BCUT2D eigenvalue weighted by Gasteiger charge is -2.05. The number of hydrogen-bond acceptors (Lipinski definition) is 5. The van der Waals surface area contributed by atoms with Crippen molar-refractivity contribution in [2.24, 2.45) is 0 Å². The van der Waals surface area contributed by atoms with Crippen molar-refractivity contribution in [1.29, 1.82) is 0 Å². The molecule has 1 amide bonds. The standard InChI is InChI=1S/C16H19N3O4/c1-2-23-14-7-5-12(6-8-14)16(22)18-13-10-17-19(11-13)9-3-4-15(20)21/h5-8,10-11H,2-4,9H2,1H3,(H,18,22)(H,20,21)/p-1. The van der Waals surface area contributed by atoms with E-state index in [1.807, 2.05) is 6.92 Å². The van der Waals surface area contributed by atoms with E-state index in [-0.39, 0.29) is 12.3 Å². The van der Waals surface area contributed by atoms with Gasteiger partial charge < -0.3 is 20.0 Å². The summed E-state index contributed by atoms with van der Waals surface area (Å²) >= 11 is 0. The van der Waals surface area contributed by atoms with Gasteiger partial charge in [-0.05, 0) is 44.0 Å². The van der Waals surface area contributed by atoms with Gasteiger partial charge in [0, 0.05) is 24.3 Å². The average Bonchev–Trinajstić information content (AvgIpc) is 2.95. The smallest absolute Gasteiger partial charge is 0.255 e. The number of aliphatic carboxylic acids is 1. The van der Waals surface area contributed by atoms with E-state index < -0.39 is 5.97 Å². The fourth-order valence-corrected chi connectivity index (χ4v) is 2.01. The normalized spacial score (nSPS) is 10.3. The zero-order valence-corrected chi connectivity index (χ0v) is 12.8. The van der Waals surface area contributed by atoms with E-state index >= 15 is 0 Å². The lowest BCUT2D eigenvalue weighted by Crippen LogP contribution is -2.22. The van der Waals surface area contributed by atoms with Gasteiger partial charge in [-0.2, -0.15) is 5.10 Å². The number of nitrogens with one attached hydrogen (secondary N) is 1. The Morgan fingerprint density at radius 2 is 2.04 bits per heavy atom. The molecular weight excluding hydrogens is 298 g/mol. The van der Waals surface area contributed by atoms with Crippen LogP contribution in [0.2, 0.25) is 0 Å². The molecule has 0 unspecified atom stereocenters. The number of ether oxygens (including phenoxy) is 1. The molecule has 23 heavy (non-hydrogen) atoms. The number of carbonyl (C=O) groups is 2. The quantitative estimate of drug-likeness (QED) is 0.785. The lowest BCUT2D eigenvalue weighted by atomic mass is 10.2. The Labute approximate surface area is 133 Å². The summed E-state index contributed by atoms with van der Waals surface area (Å²) in [4.78, 5) is 22.5. The van der Waals surface area contributed by atoms with Crippen LogP contribution >= 0.6 is 0 Å². The number of aromatic nitrogens is 2. The summed E-state index contributed by atoms with van der Waals surface area (Å²) in [6.07, 6.45) is 3.58. The fourth-order valence-electron chi connectivity index (χ4n) is 2.01. The Morgan fingerprint density at radius 1 is 1.30 bits per heavy atom. The molecule has 0 spiro atoms. The third-order valence-electron chi connectivity index (χ3n) is 3.09.